The van der Waals surface area contributed by atoms with E-state index in [1.165, 1.54) is 0 Å². The van der Waals surface area contributed by atoms with Gasteiger partial charge in [-0.25, -0.2) is 4.98 Å². The zero-order valence-electron chi connectivity index (χ0n) is 27.6. The number of fused-ring (bicyclic) bond motifs is 3. The van der Waals surface area contributed by atoms with Crippen molar-refractivity contribution in [2.24, 2.45) is 0 Å². The smallest absolute Gasteiger partial charge is 0.509 e. The van der Waals surface area contributed by atoms with Gasteiger partial charge in [0.2, 0.25) is 0 Å². The second kappa shape index (κ2) is 13.7. The number of aromatic nitrogens is 4. The van der Waals surface area contributed by atoms with Gasteiger partial charge in [-0.1, -0.05) is 115 Å². The molecule has 0 bridgehead atoms. The zero-order chi connectivity index (χ0) is 33.4. The molecule has 0 aliphatic rings. The van der Waals surface area contributed by atoms with Crippen LogP contribution in [-0.4, -0.2) is 19.3 Å². The third-order valence-electron chi connectivity index (χ3n) is 8.93. The summed E-state index contributed by atoms with van der Waals surface area (Å²) in [7, 11) is 0. The summed E-state index contributed by atoms with van der Waals surface area (Å²) < 4.78 is 10.7. The molecular formula is C45H30N4OPt. The predicted molar refractivity (Wildman–Crippen MR) is 201 cm³/mol. The first-order valence-electron chi connectivity index (χ1n) is 16.6. The van der Waals surface area contributed by atoms with Crippen LogP contribution in [0.1, 0.15) is 5.56 Å². The monoisotopic (exact) mass is 837 g/mol. The first-order valence-corrected chi connectivity index (χ1v) is 16.6. The normalized spacial score (nSPS) is 11.1. The van der Waals surface area contributed by atoms with E-state index in [0.717, 1.165) is 72.5 Å². The fourth-order valence-corrected chi connectivity index (χ4v) is 6.68. The number of hydrogen-bond acceptors (Lipinski definition) is 3. The molecule has 0 saturated carbocycles. The SMILES string of the molecule is Cc1ccnc(-n2c3[c-]c(Oc4[c-]c(-n5nc(-c6ccccc6)c(-c6ccccc6)c5-c5ccccc5)ccc4)ccc3c3ccccc32)c1.[Pt+2]. The van der Waals surface area contributed by atoms with Crippen molar-refractivity contribution in [3.63, 3.8) is 0 Å². The zero-order valence-corrected chi connectivity index (χ0v) is 29.9. The molecule has 6 aromatic carbocycles. The van der Waals surface area contributed by atoms with Crippen LogP contribution in [-0.2, 0) is 21.1 Å². The Morgan fingerprint density at radius 2 is 1.25 bits per heavy atom. The number of aryl methyl sites for hydroxylation is 1. The summed E-state index contributed by atoms with van der Waals surface area (Å²) in [4.78, 5) is 4.71. The van der Waals surface area contributed by atoms with Crippen LogP contribution in [0.3, 0.4) is 0 Å². The van der Waals surface area contributed by atoms with Crippen LogP contribution in [0.2, 0.25) is 0 Å². The van der Waals surface area contributed by atoms with Gasteiger partial charge in [-0.15, -0.1) is 35.7 Å². The van der Waals surface area contributed by atoms with Crippen molar-refractivity contribution in [2.75, 3.05) is 0 Å². The Morgan fingerprint density at radius 3 is 2.00 bits per heavy atom. The quantitative estimate of drug-likeness (QED) is 0.150. The topological polar surface area (TPSA) is 44.9 Å². The van der Waals surface area contributed by atoms with Crippen molar-refractivity contribution < 1.29 is 25.8 Å². The summed E-state index contributed by atoms with van der Waals surface area (Å²) in [5, 5.41) is 7.50. The maximum atomic E-state index is 6.53. The molecule has 0 saturated heterocycles. The molecule has 0 fully saturated rings. The van der Waals surface area contributed by atoms with Crippen molar-refractivity contribution >= 4 is 21.8 Å². The Hall–Kier alpha value is -6.03. The number of ether oxygens (including phenoxy) is 1. The largest absolute Gasteiger partial charge is 2.00 e. The van der Waals surface area contributed by atoms with E-state index in [1.54, 1.807) is 0 Å². The van der Waals surface area contributed by atoms with Gasteiger partial charge in [0.25, 0.3) is 0 Å². The number of rotatable bonds is 7. The Kier molecular flexibility index (Phi) is 8.65. The molecule has 9 aromatic rings. The minimum Gasteiger partial charge on any atom is -0.509 e. The Balaban J connectivity index is 0.00000374. The average molecular weight is 838 g/mol. The van der Waals surface area contributed by atoms with Crippen LogP contribution in [0.25, 0.3) is 67.0 Å². The summed E-state index contributed by atoms with van der Waals surface area (Å²) in [6, 6.07) is 60.7. The van der Waals surface area contributed by atoms with E-state index < -0.39 is 0 Å². The molecule has 6 heteroatoms. The minimum atomic E-state index is 0. The van der Waals surface area contributed by atoms with Crippen LogP contribution in [0.5, 0.6) is 11.5 Å². The van der Waals surface area contributed by atoms with Gasteiger partial charge in [0, 0.05) is 39.9 Å². The van der Waals surface area contributed by atoms with Gasteiger partial charge in [-0.05, 0) is 47.3 Å². The Labute approximate surface area is 310 Å². The van der Waals surface area contributed by atoms with E-state index in [9.17, 15) is 0 Å². The Bertz CT molecular complexity index is 2630. The van der Waals surface area contributed by atoms with E-state index in [2.05, 4.69) is 121 Å². The molecule has 0 amide bonds. The second-order valence-corrected chi connectivity index (χ2v) is 12.2. The molecular weight excluding hydrogens is 808 g/mol. The van der Waals surface area contributed by atoms with Crippen LogP contribution >= 0.6 is 0 Å². The van der Waals surface area contributed by atoms with Gasteiger partial charge in [0.1, 0.15) is 11.5 Å². The molecule has 9 rings (SSSR count). The molecule has 51 heavy (non-hydrogen) atoms. The van der Waals surface area contributed by atoms with Crippen LogP contribution in [0.15, 0.2) is 164 Å². The number of pyridine rings is 1. The molecule has 0 N–H and O–H groups in total. The molecule has 3 aromatic heterocycles. The van der Waals surface area contributed by atoms with E-state index in [4.69, 9.17) is 14.8 Å². The molecule has 0 atom stereocenters. The van der Waals surface area contributed by atoms with E-state index >= 15 is 0 Å². The van der Waals surface area contributed by atoms with Crippen LogP contribution in [0.4, 0.5) is 0 Å². The van der Waals surface area contributed by atoms with Crippen LogP contribution < -0.4 is 4.74 Å². The first-order chi connectivity index (χ1) is 24.7. The summed E-state index contributed by atoms with van der Waals surface area (Å²) in [6.45, 7) is 2.08. The van der Waals surface area contributed by atoms with E-state index in [-0.39, 0.29) is 21.1 Å². The summed E-state index contributed by atoms with van der Waals surface area (Å²) in [6.07, 6.45) is 1.84. The fourth-order valence-electron chi connectivity index (χ4n) is 6.68. The third kappa shape index (κ3) is 5.96. The van der Waals surface area contributed by atoms with Crippen molar-refractivity contribution in [2.45, 2.75) is 6.92 Å². The maximum absolute atomic E-state index is 6.53. The second-order valence-electron chi connectivity index (χ2n) is 12.2. The molecule has 5 nitrogen and oxygen atoms in total. The van der Waals surface area contributed by atoms with E-state index in [0.29, 0.717) is 11.5 Å². The van der Waals surface area contributed by atoms with E-state index in [1.807, 2.05) is 71.5 Å². The predicted octanol–water partition coefficient (Wildman–Crippen LogP) is 11.1. The van der Waals surface area contributed by atoms with Gasteiger partial charge >= 0.3 is 21.1 Å². The van der Waals surface area contributed by atoms with Gasteiger partial charge in [0.05, 0.1) is 5.69 Å². The van der Waals surface area contributed by atoms with Crippen molar-refractivity contribution in [1.82, 2.24) is 19.3 Å². The number of benzene rings is 6. The van der Waals surface area contributed by atoms with Gasteiger partial charge in [-0.2, -0.15) is 17.2 Å². The molecule has 0 aliphatic heterocycles. The Morgan fingerprint density at radius 1 is 0.588 bits per heavy atom. The molecule has 0 spiro atoms. The number of para-hydroxylation sites is 1. The van der Waals surface area contributed by atoms with Crippen molar-refractivity contribution in [1.29, 1.82) is 0 Å². The molecule has 0 aliphatic carbocycles. The fraction of sp³-hybridized carbons (Fsp3) is 0.0222. The first kappa shape index (κ1) is 32.2. The maximum Gasteiger partial charge on any atom is 2.00 e. The van der Waals surface area contributed by atoms with Crippen molar-refractivity contribution in [3.8, 4) is 56.6 Å². The molecule has 3 heterocycles. The third-order valence-corrected chi connectivity index (χ3v) is 8.93. The van der Waals surface area contributed by atoms with Crippen molar-refractivity contribution in [3.05, 3.63) is 182 Å². The summed E-state index contributed by atoms with van der Waals surface area (Å²) in [5.74, 6) is 1.99. The molecule has 0 unspecified atom stereocenters. The average Bonchev–Trinajstić information content (AvgIpc) is 3.73. The summed E-state index contributed by atoms with van der Waals surface area (Å²) in [5.41, 5.74) is 9.98. The summed E-state index contributed by atoms with van der Waals surface area (Å²) >= 11 is 0. The standard InChI is InChI=1S/C45H30N4O.Pt/c1-31-26-27-46-42(28-31)48-40-23-12-11-22-38(40)39-25-24-37(30-41(39)48)50-36-21-13-20-35(29-36)49-45(34-18-9-4-10-19-34)43(32-14-5-2-6-15-32)44(47-49)33-16-7-3-8-17-33;/h2-28H,1H3;/q-2;+2. The van der Waals surface area contributed by atoms with Crippen LogP contribution in [0, 0.1) is 19.1 Å². The molecule has 246 valence electrons. The van der Waals surface area contributed by atoms with Gasteiger partial charge in [0.15, 0.2) is 0 Å². The van der Waals surface area contributed by atoms with Gasteiger partial charge in [-0.3, -0.25) is 4.68 Å². The van der Waals surface area contributed by atoms with Gasteiger partial charge < -0.3 is 9.30 Å². The molecule has 0 radical (unpaired) electrons. The number of hydrogen-bond donors (Lipinski definition) is 0. The number of nitrogens with zero attached hydrogens (tertiary/aromatic N) is 4. The minimum absolute atomic E-state index is 0.